The molecular weight excluding hydrogens is 542 g/mol. The molecule has 0 fully saturated rings. The zero-order valence-corrected chi connectivity index (χ0v) is 23.2. The van der Waals surface area contributed by atoms with Crippen LogP contribution >= 0.6 is 11.6 Å². The lowest BCUT2D eigenvalue weighted by Gasteiger charge is -2.36. The molecule has 210 valence electrons. The third-order valence-electron chi connectivity index (χ3n) is 6.42. The molecule has 0 aliphatic carbocycles. The van der Waals surface area contributed by atoms with E-state index in [1.165, 1.54) is 15.4 Å². The van der Waals surface area contributed by atoms with Crippen molar-refractivity contribution in [3.8, 4) is 5.75 Å². The number of benzene rings is 2. The van der Waals surface area contributed by atoms with E-state index in [0.29, 0.717) is 16.3 Å². The van der Waals surface area contributed by atoms with Gasteiger partial charge in [-0.2, -0.15) is 0 Å². The molecule has 0 spiro atoms. The second-order valence-corrected chi connectivity index (χ2v) is 10.7. The average Bonchev–Trinajstić information content (AvgIpc) is 3.22. The molecule has 8 nitrogen and oxygen atoms in total. The number of fused-ring (bicyclic) bond motifs is 1. The molecule has 0 aliphatic rings. The van der Waals surface area contributed by atoms with Gasteiger partial charge in [0.05, 0.1) is 17.3 Å². The van der Waals surface area contributed by atoms with Crippen molar-refractivity contribution in [2.75, 3.05) is 6.54 Å². The van der Waals surface area contributed by atoms with Crippen molar-refractivity contribution in [2.24, 2.45) is 0 Å². The third-order valence-corrected chi connectivity index (χ3v) is 6.67. The highest BCUT2D eigenvalue weighted by Gasteiger charge is 2.31. The average molecular weight is 571 g/mol. The van der Waals surface area contributed by atoms with Crippen LogP contribution in [-0.2, 0) is 6.61 Å². The Kier molecular flexibility index (Phi) is 8.29. The molecular formula is C29H29ClF2N4O4. The fourth-order valence-corrected chi connectivity index (χ4v) is 4.47. The summed E-state index contributed by atoms with van der Waals surface area (Å²) < 4.78 is 35.4. The minimum absolute atomic E-state index is 0.0233. The molecule has 2 N–H and O–H groups in total. The van der Waals surface area contributed by atoms with Gasteiger partial charge in [0, 0.05) is 23.3 Å². The summed E-state index contributed by atoms with van der Waals surface area (Å²) in [6.07, 6.45) is 0.497. The number of nitrogens with zero attached hydrogens (tertiary/aromatic N) is 3. The topological polar surface area (TPSA) is 96.2 Å². The van der Waals surface area contributed by atoms with Crippen molar-refractivity contribution >= 4 is 29.2 Å². The number of aromatic nitrogens is 2. The summed E-state index contributed by atoms with van der Waals surface area (Å²) >= 11 is 6.06. The van der Waals surface area contributed by atoms with Gasteiger partial charge in [0.15, 0.2) is 11.4 Å². The van der Waals surface area contributed by atoms with Crippen LogP contribution in [0.3, 0.4) is 0 Å². The van der Waals surface area contributed by atoms with Gasteiger partial charge in [0.1, 0.15) is 23.9 Å². The summed E-state index contributed by atoms with van der Waals surface area (Å²) in [6.45, 7) is 6.56. The number of carboxylic acid groups (broad SMARTS) is 1. The van der Waals surface area contributed by atoms with E-state index in [1.807, 2.05) is 0 Å². The van der Waals surface area contributed by atoms with Gasteiger partial charge >= 0.3 is 6.09 Å². The van der Waals surface area contributed by atoms with Crippen LogP contribution in [0, 0.1) is 18.6 Å². The monoisotopic (exact) mass is 570 g/mol. The predicted molar refractivity (Wildman–Crippen MR) is 147 cm³/mol. The number of hydrogen-bond donors (Lipinski definition) is 2. The number of carbonyl (C=O) groups excluding carboxylic acids is 1. The maximum absolute atomic E-state index is 14.1. The first-order valence-electron chi connectivity index (χ1n) is 12.5. The fourth-order valence-electron chi connectivity index (χ4n) is 4.34. The van der Waals surface area contributed by atoms with Crippen LogP contribution < -0.4 is 10.1 Å². The van der Waals surface area contributed by atoms with E-state index in [9.17, 15) is 23.5 Å². The van der Waals surface area contributed by atoms with Crippen LogP contribution in [-0.4, -0.2) is 43.5 Å². The van der Waals surface area contributed by atoms with Crippen molar-refractivity contribution in [1.82, 2.24) is 19.6 Å². The van der Waals surface area contributed by atoms with Gasteiger partial charge in [-0.25, -0.2) is 18.6 Å². The maximum atomic E-state index is 14.1. The number of carbonyl (C=O) groups is 2. The Hall–Kier alpha value is -4.18. The Balaban J connectivity index is 1.66. The molecule has 11 heteroatoms. The predicted octanol–water partition coefficient (Wildman–Crippen LogP) is 6.40. The minimum atomic E-state index is -1.13. The Morgan fingerprint density at radius 2 is 1.75 bits per heavy atom. The molecule has 4 rings (SSSR count). The first kappa shape index (κ1) is 28.8. The molecule has 1 unspecified atom stereocenters. The number of nitrogens with one attached hydrogen (secondary N) is 1. The summed E-state index contributed by atoms with van der Waals surface area (Å²) in [5, 5.41) is 13.3. The van der Waals surface area contributed by atoms with Crippen molar-refractivity contribution < 1.29 is 28.2 Å². The highest BCUT2D eigenvalue weighted by molar-refractivity contribution is 6.30. The van der Waals surface area contributed by atoms with Gasteiger partial charge in [-0.15, -0.1) is 0 Å². The van der Waals surface area contributed by atoms with Crippen molar-refractivity contribution in [3.63, 3.8) is 0 Å². The molecule has 2 aromatic heterocycles. The first-order valence-corrected chi connectivity index (χ1v) is 12.8. The SMILES string of the molecule is Cc1nc2c(OCc3c(F)cccc3F)cccn2c1C(=O)NC(CN(C(=O)O)C(C)(C)C)c1ccc(Cl)cc1. The standard InChI is InChI=1S/C29H29ClF2N4O4/c1-17-25(35-14-6-9-24(26(35)33-17)40-16-20-21(31)7-5-8-22(20)32)27(37)34-23(18-10-12-19(30)13-11-18)15-36(28(38)39)29(2,3)4/h5-14,23H,15-16H2,1-4H3,(H,34,37)(H,38,39). The Morgan fingerprint density at radius 3 is 2.35 bits per heavy atom. The molecule has 4 aromatic rings. The molecule has 0 saturated carbocycles. The van der Waals surface area contributed by atoms with Crippen LogP contribution in [0.5, 0.6) is 5.75 Å². The lowest BCUT2D eigenvalue weighted by molar-refractivity contribution is 0.0818. The Morgan fingerprint density at radius 1 is 1.10 bits per heavy atom. The van der Waals surface area contributed by atoms with E-state index in [2.05, 4.69) is 10.3 Å². The van der Waals surface area contributed by atoms with Gasteiger partial charge in [0.2, 0.25) is 0 Å². The molecule has 0 radical (unpaired) electrons. The van der Waals surface area contributed by atoms with Crippen molar-refractivity contribution in [3.05, 3.63) is 100.0 Å². The second kappa shape index (κ2) is 11.5. The highest BCUT2D eigenvalue weighted by Crippen LogP contribution is 2.26. The number of ether oxygens (including phenoxy) is 1. The molecule has 2 heterocycles. The normalized spacial score (nSPS) is 12.3. The largest absolute Gasteiger partial charge is 0.485 e. The molecule has 40 heavy (non-hydrogen) atoms. The third kappa shape index (κ3) is 6.17. The molecule has 1 atom stereocenters. The van der Waals surface area contributed by atoms with Gasteiger partial charge in [-0.3, -0.25) is 9.20 Å². The smallest absolute Gasteiger partial charge is 0.407 e. The van der Waals surface area contributed by atoms with Crippen LogP contribution in [0.2, 0.25) is 5.02 Å². The van der Waals surface area contributed by atoms with E-state index >= 15 is 0 Å². The molecule has 0 saturated heterocycles. The van der Waals surface area contributed by atoms with Crippen LogP contribution in [0.15, 0.2) is 60.8 Å². The molecule has 2 amide bonds. The number of hydrogen-bond acceptors (Lipinski definition) is 4. The Bertz CT molecular complexity index is 1530. The first-order chi connectivity index (χ1) is 18.9. The number of amides is 2. The number of imidazole rings is 1. The Labute approximate surface area is 235 Å². The summed E-state index contributed by atoms with van der Waals surface area (Å²) in [5.41, 5.74) is 0.575. The summed E-state index contributed by atoms with van der Waals surface area (Å²) in [7, 11) is 0. The van der Waals surface area contributed by atoms with Crippen molar-refractivity contribution in [1.29, 1.82) is 0 Å². The lowest BCUT2D eigenvalue weighted by atomic mass is 10.0. The molecule has 0 bridgehead atoms. The summed E-state index contributed by atoms with van der Waals surface area (Å²) in [5.74, 6) is -1.73. The lowest BCUT2D eigenvalue weighted by Crippen LogP contribution is -2.49. The molecule has 0 aliphatic heterocycles. The van der Waals surface area contributed by atoms with E-state index in [-0.39, 0.29) is 35.8 Å². The number of aryl methyl sites for hydroxylation is 1. The van der Waals surface area contributed by atoms with Gasteiger partial charge in [0.25, 0.3) is 5.91 Å². The minimum Gasteiger partial charge on any atom is -0.485 e. The van der Waals surface area contributed by atoms with Crippen molar-refractivity contribution in [2.45, 2.75) is 45.9 Å². The van der Waals surface area contributed by atoms with Gasteiger partial charge in [-0.05, 0) is 69.7 Å². The van der Waals surface area contributed by atoms with Gasteiger partial charge in [-0.1, -0.05) is 29.8 Å². The van der Waals surface area contributed by atoms with E-state index in [4.69, 9.17) is 16.3 Å². The zero-order valence-electron chi connectivity index (χ0n) is 22.4. The fraction of sp³-hybridized carbons (Fsp3) is 0.276. The quantitative estimate of drug-likeness (QED) is 0.255. The number of halogens is 3. The van der Waals surface area contributed by atoms with Crippen LogP contribution in [0.4, 0.5) is 13.6 Å². The van der Waals surface area contributed by atoms with Crippen LogP contribution in [0.1, 0.15) is 54.1 Å². The number of rotatable bonds is 8. The van der Waals surface area contributed by atoms with E-state index in [0.717, 1.165) is 12.1 Å². The van der Waals surface area contributed by atoms with E-state index in [1.54, 1.807) is 70.3 Å². The highest BCUT2D eigenvalue weighted by atomic mass is 35.5. The molecule has 2 aromatic carbocycles. The second-order valence-electron chi connectivity index (χ2n) is 10.2. The van der Waals surface area contributed by atoms with Crippen LogP contribution in [0.25, 0.3) is 5.65 Å². The summed E-state index contributed by atoms with van der Waals surface area (Å²) in [4.78, 5) is 31.5. The van der Waals surface area contributed by atoms with E-state index < -0.39 is 35.2 Å². The summed E-state index contributed by atoms with van der Waals surface area (Å²) in [6, 6.07) is 12.8. The zero-order chi connectivity index (χ0) is 29.2. The van der Waals surface area contributed by atoms with Gasteiger partial charge < -0.3 is 20.1 Å². The number of pyridine rings is 1. The maximum Gasteiger partial charge on any atom is 0.407 e.